The van der Waals surface area contributed by atoms with Crippen LogP contribution in [0.4, 0.5) is 14.9 Å². The van der Waals surface area contributed by atoms with E-state index in [1.807, 2.05) is 0 Å². The smallest absolute Gasteiger partial charge is 0.413 e. The maximum atomic E-state index is 14.6. The molecule has 136 valence electrons. The highest BCUT2D eigenvalue weighted by Crippen LogP contribution is 2.47. The average molecular weight is 367 g/mol. The van der Waals surface area contributed by atoms with E-state index in [-0.39, 0.29) is 12.5 Å². The Hall–Kier alpha value is -1.80. The molecule has 2 heterocycles. The lowest BCUT2D eigenvalue weighted by Gasteiger charge is -2.40. The summed E-state index contributed by atoms with van der Waals surface area (Å²) in [6.45, 7) is 6.07. The van der Waals surface area contributed by atoms with Gasteiger partial charge in [-0.05, 0) is 39.0 Å². The topological polar surface area (TPSA) is 88.2 Å². The first-order valence-corrected chi connectivity index (χ1v) is 9.03. The zero-order valence-corrected chi connectivity index (χ0v) is 15.3. The van der Waals surface area contributed by atoms with Crippen LogP contribution < -0.4 is 5.73 Å². The molecule has 25 heavy (non-hydrogen) atoms. The number of rotatable bonds is 1. The fraction of sp³-hybridized carbons (Fsp3) is 0.529. The van der Waals surface area contributed by atoms with E-state index in [0.717, 1.165) is 0 Å². The quantitative estimate of drug-likeness (QED) is 0.745. The molecule has 0 spiro atoms. The Labute approximate surface area is 150 Å². The summed E-state index contributed by atoms with van der Waals surface area (Å²) in [5.41, 5.74) is 5.06. The van der Waals surface area contributed by atoms with Crippen LogP contribution in [0.25, 0.3) is 0 Å². The van der Waals surface area contributed by atoms with Crippen molar-refractivity contribution in [2.45, 2.75) is 31.8 Å². The number of amides is 1. The Morgan fingerprint density at radius 3 is 2.88 bits per heavy atom. The Balaban J connectivity index is 2.15. The molecule has 2 atom stereocenters. The van der Waals surface area contributed by atoms with Gasteiger partial charge in [-0.3, -0.25) is 4.90 Å². The minimum atomic E-state index is -1.08. The molecule has 1 saturated heterocycles. The molecule has 2 aliphatic rings. The van der Waals surface area contributed by atoms with Crippen LogP contribution >= 0.6 is 11.8 Å². The number of hydrogen-bond acceptors (Lipinski definition) is 5. The van der Waals surface area contributed by atoms with Crippen molar-refractivity contribution in [3.63, 3.8) is 0 Å². The number of thioether (sulfide) groups is 1. The minimum absolute atomic E-state index is 0.0341. The van der Waals surface area contributed by atoms with Gasteiger partial charge in [0.15, 0.2) is 5.17 Å². The van der Waals surface area contributed by atoms with Crippen LogP contribution in [0.3, 0.4) is 0 Å². The Morgan fingerprint density at radius 2 is 2.24 bits per heavy atom. The van der Waals surface area contributed by atoms with Gasteiger partial charge < -0.3 is 15.6 Å². The highest BCUT2D eigenvalue weighted by atomic mass is 32.2. The predicted octanol–water partition coefficient (Wildman–Crippen LogP) is 3.13. The number of carboxylic acid groups (broad SMARTS) is 1. The average Bonchev–Trinajstić information content (AvgIpc) is 2.92. The first-order chi connectivity index (χ1) is 11.6. The van der Waals surface area contributed by atoms with Gasteiger partial charge in [0.25, 0.3) is 0 Å². The van der Waals surface area contributed by atoms with Crippen molar-refractivity contribution in [1.29, 1.82) is 0 Å². The second-order valence-corrected chi connectivity index (χ2v) is 8.36. The molecule has 0 aromatic heterocycles. The molecule has 6 nitrogen and oxygen atoms in total. The van der Waals surface area contributed by atoms with Gasteiger partial charge in [-0.25, -0.2) is 14.2 Å². The van der Waals surface area contributed by atoms with E-state index in [2.05, 4.69) is 0 Å². The van der Waals surface area contributed by atoms with Gasteiger partial charge in [0, 0.05) is 28.5 Å². The summed E-state index contributed by atoms with van der Waals surface area (Å²) >= 11 is 1.37. The molecule has 0 unspecified atom stereocenters. The minimum Gasteiger partial charge on any atom is -0.465 e. The molecule has 3 N–H and O–H groups in total. The third-order valence-corrected chi connectivity index (χ3v) is 5.64. The number of ether oxygens (including phenoxy) is 1. The van der Waals surface area contributed by atoms with Gasteiger partial charge in [0.1, 0.15) is 11.4 Å². The van der Waals surface area contributed by atoms with E-state index in [1.165, 1.54) is 28.8 Å². The summed E-state index contributed by atoms with van der Waals surface area (Å²) in [6.07, 6.45) is -1.08. The second-order valence-electron chi connectivity index (χ2n) is 7.37. The molecule has 0 aliphatic carbocycles. The van der Waals surface area contributed by atoms with Crippen molar-refractivity contribution in [3.8, 4) is 0 Å². The van der Waals surface area contributed by atoms with Crippen molar-refractivity contribution < 1.29 is 19.0 Å². The third kappa shape index (κ3) is 3.08. The summed E-state index contributed by atoms with van der Waals surface area (Å²) in [5.74, 6) is 0.165. The lowest BCUT2D eigenvalue weighted by molar-refractivity contribution is 0.140. The first kappa shape index (κ1) is 18.0. The van der Waals surface area contributed by atoms with Gasteiger partial charge in [-0.1, -0.05) is 11.8 Å². The number of halogens is 1. The molecule has 1 fully saturated rings. The zero-order valence-electron chi connectivity index (χ0n) is 14.5. The molecule has 8 heteroatoms. The Bertz CT molecular complexity index is 734. The van der Waals surface area contributed by atoms with Crippen molar-refractivity contribution >= 4 is 28.7 Å². The fourth-order valence-electron chi connectivity index (χ4n) is 3.30. The normalized spacial score (nSPS) is 26.1. The Morgan fingerprint density at radius 1 is 1.52 bits per heavy atom. The van der Waals surface area contributed by atoms with Crippen LogP contribution in [-0.4, -0.2) is 45.8 Å². The van der Waals surface area contributed by atoms with E-state index in [0.29, 0.717) is 28.8 Å². The van der Waals surface area contributed by atoms with Gasteiger partial charge in [0.05, 0.1) is 13.2 Å². The molecule has 1 aromatic carbocycles. The van der Waals surface area contributed by atoms with Gasteiger partial charge >= 0.3 is 6.09 Å². The van der Waals surface area contributed by atoms with Crippen molar-refractivity contribution in [3.05, 3.63) is 29.6 Å². The van der Waals surface area contributed by atoms with Gasteiger partial charge in [0.2, 0.25) is 0 Å². The van der Waals surface area contributed by atoms with E-state index in [1.54, 1.807) is 26.8 Å². The second kappa shape index (κ2) is 6.17. The molecule has 0 bridgehead atoms. The summed E-state index contributed by atoms with van der Waals surface area (Å²) in [5, 5.41) is 10.0. The maximum absolute atomic E-state index is 14.6. The highest BCUT2D eigenvalue weighted by Gasteiger charge is 2.51. The number of hydrogen-bond donors (Lipinski definition) is 2. The standard InChI is InChI=1S/C17H22FN3O3S/c1-16(2,3)21(15(22)23)14-20-17(9-24-7-10(17)8-25-14)12-6-11(19)4-5-13(12)18/h4-6,10H,7-9,19H2,1-3H3,(H,22,23)/t10-,17+/m0/s1. The van der Waals surface area contributed by atoms with E-state index in [9.17, 15) is 14.3 Å². The molecular weight excluding hydrogens is 345 g/mol. The van der Waals surface area contributed by atoms with Gasteiger partial charge in [-0.15, -0.1) is 0 Å². The number of nitrogen functional groups attached to an aromatic ring is 1. The Kier molecular flexibility index (Phi) is 4.45. The summed E-state index contributed by atoms with van der Waals surface area (Å²) in [6, 6.07) is 4.40. The van der Waals surface area contributed by atoms with E-state index in [4.69, 9.17) is 15.5 Å². The summed E-state index contributed by atoms with van der Waals surface area (Å²) in [7, 11) is 0. The molecule has 1 amide bonds. The molecule has 3 rings (SSSR count). The van der Waals surface area contributed by atoms with Crippen LogP contribution in [-0.2, 0) is 10.3 Å². The van der Waals surface area contributed by atoms with Gasteiger partial charge in [-0.2, -0.15) is 0 Å². The van der Waals surface area contributed by atoms with Crippen LogP contribution in [0.2, 0.25) is 0 Å². The lowest BCUT2D eigenvalue weighted by atomic mass is 9.81. The first-order valence-electron chi connectivity index (χ1n) is 8.04. The molecule has 0 radical (unpaired) electrons. The number of fused-ring (bicyclic) bond motifs is 1. The number of amidine groups is 1. The summed E-state index contributed by atoms with van der Waals surface area (Å²) < 4.78 is 20.2. The van der Waals surface area contributed by atoms with E-state index >= 15 is 0 Å². The highest BCUT2D eigenvalue weighted by molar-refractivity contribution is 8.13. The van der Waals surface area contributed by atoms with Crippen molar-refractivity contribution in [1.82, 2.24) is 4.90 Å². The predicted molar refractivity (Wildman–Crippen MR) is 96.3 cm³/mol. The molecule has 2 aliphatic heterocycles. The number of carbonyl (C=O) groups is 1. The van der Waals surface area contributed by atoms with Crippen LogP contribution in [0.1, 0.15) is 26.3 Å². The molecule has 0 saturated carbocycles. The number of nitrogens with two attached hydrogens (primary N) is 1. The zero-order chi connectivity index (χ0) is 18.4. The van der Waals surface area contributed by atoms with Crippen LogP contribution in [0.15, 0.2) is 23.2 Å². The number of benzene rings is 1. The number of aliphatic imine (C=N–C) groups is 1. The van der Waals surface area contributed by atoms with Crippen LogP contribution in [0.5, 0.6) is 0 Å². The lowest BCUT2D eigenvalue weighted by Crippen LogP contribution is -2.51. The summed E-state index contributed by atoms with van der Waals surface area (Å²) in [4.78, 5) is 17.8. The van der Waals surface area contributed by atoms with E-state index < -0.39 is 23.0 Å². The fourth-order valence-corrected chi connectivity index (χ4v) is 4.73. The van der Waals surface area contributed by atoms with Crippen LogP contribution in [0, 0.1) is 11.7 Å². The molecule has 1 aromatic rings. The number of nitrogens with zero attached hydrogens (tertiary/aromatic N) is 2. The largest absolute Gasteiger partial charge is 0.465 e. The molecular formula is C17H22FN3O3S. The third-order valence-electron chi connectivity index (χ3n) is 4.54. The maximum Gasteiger partial charge on any atom is 0.413 e. The number of anilines is 1. The van der Waals surface area contributed by atoms with Crippen molar-refractivity contribution in [2.24, 2.45) is 10.9 Å². The monoisotopic (exact) mass is 367 g/mol. The van der Waals surface area contributed by atoms with Crippen molar-refractivity contribution in [2.75, 3.05) is 24.7 Å². The SMILES string of the molecule is CC(C)(C)N(C(=O)O)C1=N[C@]2(c3cc(N)ccc3F)COC[C@H]2CS1.